The topological polar surface area (TPSA) is 168 Å². The average molecular weight is 419 g/mol. The lowest BCUT2D eigenvalue weighted by Crippen LogP contribution is -2.43. The number of aromatic nitrogens is 3. The summed E-state index contributed by atoms with van der Waals surface area (Å²) in [6.07, 6.45) is -2.40. The summed E-state index contributed by atoms with van der Waals surface area (Å²) in [5.74, 6) is -1.82. The van der Waals surface area contributed by atoms with Crippen LogP contribution in [0.1, 0.15) is 32.6 Å². The molecule has 12 heteroatoms. The zero-order valence-corrected chi connectivity index (χ0v) is 16.6. The Morgan fingerprint density at radius 3 is 2.47 bits per heavy atom. The van der Waals surface area contributed by atoms with Crippen molar-refractivity contribution >= 4 is 29.2 Å². The molecule has 2 N–H and O–H groups in total. The fourth-order valence-corrected chi connectivity index (χ4v) is 2.77. The van der Waals surface area contributed by atoms with Crippen LogP contribution in [-0.2, 0) is 33.3 Å². The van der Waals surface area contributed by atoms with Crippen LogP contribution in [0.3, 0.4) is 0 Å². The molecule has 3 atom stereocenters. The van der Waals surface area contributed by atoms with E-state index in [1.54, 1.807) is 18.2 Å². The van der Waals surface area contributed by atoms with Crippen molar-refractivity contribution in [2.24, 2.45) is 0 Å². The van der Waals surface area contributed by atoms with E-state index in [9.17, 15) is 14.4 Å². The van der Waals surface area contributed by atoms with Gasteiger partial charge in [-0.3, -0.25) is 14.4 Å². The van der Waals surface area contributed by atoms with E-state index in [0.29, 0.717) is 11.2 Å². The molecule has 0 amide bonds. The number of fused-ring (bicyclic) bond motifs is 1. The lowest BCUT2D eigenvalue weighted by Gasteiger charge is -2.31. The molecule has 0 unspecified atom stereocenters. The second-order valence-electron chi connectivity index (χ2n) is 6.11. The van der Waals surface area contributed by atoms with E-state index in [-0.39, 0.29) is 19.0 Å². The lowest BCUT2D eigenvalue weighted by atomic mass is 10.0. The largest absolute Gasteiger partial charge is 0.463 e. The van der Waals surface area contributed by atoms with Crippen LogP contribution in [0.2, 0.25) is 0 Å². The van der Waals surface area contributed by atoms with Crippen LogP contribution < -0.4 is 5.73 Å². The quantitative estimate of drug-likeness (QED) is 0.439. The van der Waals surface area contributed by atoms with Gasteiger partial charge in [0, 0.05) is 20.8 Å². The highest BCUT2D eigenvalue weighted by Crippen LogP contribution is 2.30. The molecular formula is C18H21N5O7. The van der Waals surface area contributed by atoms with Gasteiger partial charge in [0.05, 0.1) is 11.8 Å². The van der Waals surface area contributed by atoms with Crippen molar-refractivity contribution in [1.82, 2.24) is 14.6 Å². The number of nitriles is 1. The van der Waals surface area contributed by atoms with Crippen molar-refractivity contribution in [2.45, 2.75) is 39.1 Å². The molecule has 0 aliphatic heterocycles. The summed E-state index contributed by atoms with van der Waals surface area (Å²) in [5, 5.41) is 13.0. The number of hydrogen-bond donors (Lipinski definition) is 1. The molecule has 0 saturated carbocycles. The summed E-state index contributed by atoms with van der Waals surface area (Å²) in [7, 11) is 0. The first kappa shape index (κ1) is 22.6. The summed E-state index contributed by atoms with van der Waals surface area (Å²) < 4.78 is 22.6. The van der Waals surface area contributed by atoms with Crippen LogP contribution in [-0.4, -0.2) is 57.9 Å². The van der Waals surface area contributed by atoms with Crippen molar-refractivity contribution in [3.8, 4) is 6.07 Å². The van der Waals surface area contributed by atoms with Gasteiger partial charge in [0.25, 0.3) is 0 Å². The predicted octanol–water partition coefficient (Wildman–Crippen LogP) is 0.319. The van der Waals surface area contributed by atoms with Crippen LogP contribution in [0.25, 0.3) is 5.52 Å². The van der Waals surface area contributed by atoms with E-state index in [4.69, 9.17) is 29.9 Å². The number of rotatable bonds is 9. The molecule has 0 radical (unpaired) electrons. The molecule has 2 aromatic rings. The van der Waals surface area contributed by atoms with E-state index >= 15 is 0 Å². The van der Waals surface area contributed by atoms with Gasteiger partial charge in [-0.05, 0) is 12.1 Å². The van der Waals surface area contributed by atoms with Gasteiger partial charge in [0.2, 0.25) is 0 Å². The Labute approximate surface area is 171 Å². The minimum atomic E-state index is -1.27. The first-order valence-corrected chi connectivity index (χ1v) is 8.79. The summed E-state index contributed by atoms with van der Waals surface area (Å²) in [5.41, 5.74) is 6.58. The van der Waals surface area contributed by atoms with Gasteiger partial charge in [-0.2, -0.15) is 10.4 Å². The van der Waals surface area contributed by atoms with Gasteiger partial charge in [0.15, 0.2) is 18.0 Å². The number of anilines is 1. The number of carbonyl (C=O) groups is 3. The highest BCUT2D eigenvalue weighted by Gasteiger charge is 2.39. The zero-order valence-electron chi connectivity index (χ0n) is 16.6. The van der Waals surface area contributed by atoms with E-state index in [0.717, 1.165) is 6.92 Å². The Balaban J connectivity index is 2.55. The Hall–Kier alpha value is -3.72. The SMILES string of the molecule is CC(=O)OC[C@@H](OCC#N)[C@@H](OC(C)=O)[C@@H](OC(C)=O)c1ccc2c(N)ncnn12. The van der Waals surface area contributed by atoms with E-state index in [2.05, 4.69) is 10.1 Å². The molecule has 2 aromatic heterocycles. The molecule has 0 aliphatic rings. The van der Waals surface area contributed by atoms with Crippen molar-refractivity contribution in [3.05, 3.63) is 24.2 Å². The molecule has 12 nitrogen and oxygen atoms in total. The summed E-state index contributed by atoms with van der Waals surface area (Å²) in [6, 6.07) is 4.96. The number of nitrogen functional groups attached to an aromatic ring is 1. The Kier molecular flexibility index (Phi) is 7.65. The monoisotopic (exact) mass is 419 g/mol. The van der Waals surface area contributed by atoms with E-state index in [1.807, 2.05) is 0 Å². The molecule has 2 rings (SSSR count). The molecule has 0 spiro atoms. The smallest absolute Gasteiger partial charge is 0.303 e. The van der Waals surface area contributed by atoms with Crippen LogP contribution >= 0.6 is 0 Å². The van der Waals surface area contributed by atoms with Crippen LogP contribution in [0.5, 0.6) is 0 Å². The van der Waals surface area contributed by atoms with Crippen LogP contribution in [0.4, 0.5) is 5.82 Å². The second kappa shape index (κ2) is 10.2. The molecule has 30 heavy (non-hydrogen) atoms. The number of esters is 3. The Morgan fingerprint density at radius 1 is 1.17 bits per heavy atom. The Morgan fingerprint density at radius 2 is 1.87 bits per heavy atom. The molecular weight excluding hydrogens is 398 g/mol. The first-order valence-electron chi connectivity index (χ1n) is 8.79. The molecule has 0 saturated heterocycles. The summed E-state index contributed by atoms with van der Waals surface area (Å²) in [6.45, 7) is 2.77. The minimum Gasteiger partial charge on any atom is -0.463 e. The van der Waals surface area contributed by atoms with Gasteiger partial charge in [-0.15, -0.1) is 0 Å². The van der Waals surface area contributed by atoms with E-state index < -0.39 is 36.2 Å². The van der Waals surface area contributed by atoms with Crippen molar-refractivity contribution in [3.63, 3.8) is 0 Å². The highest BCUT2D eigenvalue weighted by atomic mass is 16.6. The molecule has 0 aromatic carbocycles. The second-order valence-corrected chi connectivity index (χ2v) is 6.11. The number of ether oxygens (including phenoxy) is 4. The summed E-state index contributed by atoms with van der Waals surface area (Å²) in [4.78, 5) is 38.8. The third-order valence-corrected chi connectivity index (χ3v) is 3.88. The van der Waals surface area contributed by atoms with Crippen LogP contribution in [0, 0.1) is 11.3 Å². The predicted molar refractivity (Wildman–Crippen MR) is 99.4 cm³/mol. The molecule has 0 fully saturated rings. The van der Waals surface area contributed by atoms with Crippen molar-refractivity contribution in [1.29, 1.82) is 5.26 Å². The minimum absolute atomic E-state index is 0.180. The normalized spacial score (nSPS) is 13.7. The van der Waals surface area contributed by atoms with Gasteiger partial charge < -0.3 is 24.7 Å². The molecule has 2 heterocycles. The number of carbonyl (C=O) groups excluding carboxylic acids is 3. The van der Waals surface area contributed by atoms with Gasteiger partial charge in [0.1, 0.15) is 31.2 Å². The summed E-state index contributed by atoms with van der Waals surface area (Å²) >= 11 is 0. The fourth-order valence-electron chi connectivity index (χ4n) is 2.77. The molecule has 0 aliphatic carbocycles. The van der Waals surface area contributed by atoms with Crippen molar-refractivity contribution in [2.75, 3.05) is 18.9 Å². The third kappa shape index (κ3) is 5.65. The third-order valence-electron chi connectivity index (χ3n) is 3.88. The maximum absolute atomic E-state index is 11.8. The molecule has 160 valence electrons. The maximum Gasteiger partial charge on any atom is 0.303 e. The zero-order chi connectivity index (χ0) is 22.3. The standard InChI is InChI=1S/C18H21N5O7/c1-10(24)28-8-15(27-7-6-19)17(30-12(3)26)16(29-11(2)25)13-4-5-14-18(20)21-9-22-23(13)14/h4-5,9,15-17H,7-8H2,1-3H3,(H2,20,21,22)/t15-,16+,17-/m1/s1. The van der Waals surface area contributed by atoms with Crippen LogP contribution in [0.15, 0.2) is 18.5 Å². The average Bonchev–Trinajstić information content (AvgIpc) is 3.09. The van der Waals surface area contributed by atoms with Gasteiger partial charge in [-0.25, -0.2) is 9.50 Å². The highest BCUT2D eigenvalue weighted by molar-refractivity contribution is 5.69. The number of nitrogens with zero attached hydrogens (tertiary/aromatic N) is 4. The lowest BCUT2D eigenvalue weighted by molar-refractivity contribution is -0.185. The molecule has 0 bridgehead atoms. The fraction of sp³-hybridized carbons (Fsp3) is 0.444. The van der Waals surface area contributed by atoms with Crippen molar-refractivity contribution < 1.29 is 33.3 Å². The van der Waals surface area contributed by atoms with Gasteiger partial charge >= 0.3 is 17.9 Å². The number of hydrogen-bond acceptors (Lipinski definition) is 11. The van der Waals surface area contributed by atoms with E-state index in [1.165, 1.54) is 24.7 Å². The Bertz CT molecular complexity index is 967. The van der Waals surface area contributed by atoms with Gasteiger partial charge in [-0.1, -0.05) is 0 Å². The number of nitrogens with two attached hydrogens (primary N) is 1. The maximum atomic E-state index is 11.8. The first-order chi connectivity index (χ1) is 14.2.